The molecule has 1 N–H and O–H groups in total. The molecule has 0 aliphatic carbocycles. The number of aromatic nitrogens is 3. The maximum atomic E-state index is 13.3. The summed E-state index contributed by atoms with van der Waals surface area (Å²) in [4.78, 5) is 28.6. The Morgan fingerprint density at radius 2 is 1.91 bits per heavy atom. The van der Waals surface area contributed by atoms with E-state index < -0.39 is 4.92 Å². The summed E-state index contributed by atoms with van der Waals surface area (Å²) in [7, 11) is 3.25. The third-order valence-corrected chi connectivity index (χ3v) is 5.37. The van der Waals surface area contributed by atoms with E-state index in [1.807, 2.05) is 45.2 Å². The van der Waals surface area contributed by atoms with Gasteiger partial charge in [0.1, 0.15) is 5.75 Å². The lowest BCUT2D eigenvalue weighted by Gasteiger charge is -2.13. The van der Waals surface area contributed by atoms with Crippen LogP contribution in [-0.2, 0) is 7.05 Å². The number of amides is 1. The van der Waals surface area contributed by atoms with Gasteiger partial charge in [-0.2, -0.15) is 5.10 Å². The molecule has 4 aromatic rings. The minimum absolute atomic E-state index is 0.126. The largest absolute Gasteiger partial charge is 0.494 e. The number of hydrogen-bond acceptors (Lipinski definition) is 6. The van der Waals surface area contributed by atoms with E-state index in [0.717, 1.165) is 17.0 Å². The monoisotopic (exact) mass is 431 g/mol. The highest BCUT2D eigenvalue weighted by Gasteiger charge is 2.20. The molecule has 0 radical (unpaired) electrons. The van der Waals surface area contributed by atoms with Gasteiger partial charge in [-0.3, -0.25) is 19.6 Å². The van der Waals surface area contributed by atoms with Crippen LogP contribution in [0, 0.1) is 24.0 Å². The molecule has 2 heterocycles. The van der Waals surface area contributed by atoms with Crippen molar-refractivity contribution in [1.82, 2.24) is 14.8 Å². The fourth-order valence-corrected chi connectivity index (χ4v) is 3.72. The van der Waals surface area contributed by atoms with Crippen LogP contribution in [0.15, 0.2) is 48.5 Å². The average Bonchev–Trinajstić information content (AvgIpc) is 3.04. The predicted molar refractivity (Wildman–Crippen MR) is 121 cm³/mol. The first-order valence-corrected chi connectivity index (χ1v) is 9.84. The van der Waals surface area contributed by atoms with E-state index in [1.165, 1.54) is 25.3 Å². The van der Waals surface area contributed by atoms with Gasteiger partial charge in [-0.1, -0.05) is 18.2 Å². The molecule has 2 aromatic carbocycles. The van der Waals surface area contributed by atoms with Crippen molar-refractivity contribution in [3.05, 3.63) is 75.6 Å². The zero-order valence-corrected chi connectivity index (χ0v) is 18.0. The van der Waals surface area contributed by atoms with Crippen LogP contribution in [0.2, 0.25) is 0 Å². The van der Waals surface area contributed by atoms with Crippen LogP contribution < -0.4 is 10.1 Å². The number of benzene rings is 2. The summed E-state index contributed by atoms with van der Waals surface area (Å²) in [5.74, 6) is -0.179. The van der Waals surface area contributed by atoms with Crippen molar-refractivity contribution in [3.63, 3.8) is 0 Å². The van der Waals surface area contributed by atoms with Gasteiger partial charge in [0.15, 0.2) is 0 Å². The fourth-order valence-electron chi connectivity index (χ4n) is 3.72. The quantitative estimate of drug-likeness (QED) is 0.370. The minimum Gasteiger partial charge on any atom is -0.494 e. The van der Waals surface area contributed by atoms with Crippen molar-refractivity contribution >= 4 is 28.2 Å². The summed E-state index contributed by atoms with van der Waals surface area (Å²) in [5, 5.41) is 19.0. The normalized spacial score (nSPS) is 10.9. The highest BCUT2D eigenvalue weighted by atomic mass is 16.6. The van der Waals surface area contributed by atoms with Crippen LogP contribution in [0.1, 0.15) is 21.7 Å². The van der Waals surface area contributed by atoms with Gasteiger partial charge < -0.3 is 10.1 Å². The summed E-state index contributed by atoms with van der Waals surface area (Å²) in [6, 6.07) is 13.2. The van der Waals surface area contributed by atoms with E-state index >= 15 is 0 Å². The molecule has 0 saturated heterocycles. The number of non-ortho nitro benzene ring substituents is 1. The Hall–Kier alpha value is -4.27. The summed E-state index contributed by atoms with van der Waals surface area (Å²) < 4.78 is 7.03. The Morgan fingerprint density at radius 3 is 2.56 bits per heavy atom. The number of nitrogens with zero attached hydrogens (tertiary/aromatic N) is 4. The first-order valence-electron chi connectivity index (χ1n) is 9.84. The number of nitrogens with one attached hydrogen (secondary N) is 1. The van der Waals surface area contributed by atoms with Crippen LogP contribution in [0.3, 0.4) is 0 Å². The highest BCUT2D eigenvalue weighted by molar-refractivity contribution is 6.13. The van der Waals surface area contributed by atoms with Crippen molar-refractivity contribution in [2.24, 2.45) is 7.05 Å². The number of para-hydroxylation sites is 1. The number of fused-ring (bicyclic) bond motifs is 1. The lowest BCUT2D eigenvalue weighted by molar-refractivity contribution is -0.384. The molecule has 0 aliphatic rings. The van der Waals surface area contributed by atoms with Gasteiger partial charge in [-0.05, 0) is 32.0 Å². The number of aryl methyl sites for hydroxylation is 2. The van der Waals surface area contributed by atoms with Gasteiger partial charge in [-0.15, -0.1) is 0 Å². The lowest BCUT2D eigenvalue weighted by Crippen LogP contribution is -2.14. The number of methoxy groups -OCH3 is 1. The summed E-state index contributed by atoms with van der Waals surface area (Å²) >= 11 is 0. The molecule has 0 aliphatic heterocycles. The molecule has 4 rings (SSSR count). The van der Waals surface area contributed by atoms with E-state index in [1.54, 1.807) is 10.7 Å². The van der Waals surface area contributed by atoms with Gasteiger partial charge in [0.25, 0.3) is 11.6 Å². The molecule has 0 bridgehead atoms. The number of carbonyl (C=O) groups excluding carboxylic acids is 1. The maximum absolute atomic E-state index is 13.3. The Labute approximate surface area is 183 Å². The van der Waals surface area contributed by atoms with E-state index in [-0.39, 0.29) is 17.3 Å². The molecule has 0 spiro atoms. The number of rotatable bonds is 5. The first kappa shape index (κ1) is 21.0. The minimum atomic E-state index is -0.519. The van der Waals surface area contributed by atoms with E-state index in [2.05, 4.69) is 10.4 Å². The van der Waals surface area contributed by atoms with Gasteiger partial charge in [-0.25, -0.2) is 4.98 Å². The molecule has 9 heteroatoms. The highest BCUT2D eigenvalue weighted by Crippen LogP contribution is 2.32. The van der Waals surface area contributed by atoms with Crippen molar-refractivity contribution in [2.75, 3.05) is 12.4 Å². The molecule has 32 heavy (non-hydrogen) atoms. The zero-order chi connectivity index (χ0) is 23.0. The molecule has 0 fully saturated rings. The van der Waals surface area contributed by atoms with Crippen LogP contribution in [0.4, 0.5) is 11.4 Å². The lowest BCUT2D eigenvalue weighted by atomic mass is 10.0. The number of carbonyl (C=O) groups is 1. The molecule has 162 valence electrons. The van der Waals surface area contributed by atoms with E-state index in [4.69, 9.17) is 9.72 Å². The SMILES string of the molecule is COc1cc([N+](=O)[O-])ccc1NC(=O)c1cc(-c2c(C)nn(C)c2C)nc2ccccc12. The van der Waals surface area contributed by atoms with Crippen molar-refractivity contribution in [3.8, 4) is 17.0 Å². The number of anilines is 1. The molecule has 2 aromatic heterocycles. The van der Waals surface area contributed by atoms with Crippen molar-refractivity contribution in [2.45, 2.75) is 13.8 Å². The van der Waals surface area contributed by atoms with Crippen molar-refractivity contribution < 1.29 is 14.5 Å². The predicted octanol–water partition coefficient (Wildman–Crippen LogP) is 4.42. The van der Waals surface area contributed by atoms with E-state index in [9.17, 15) is 14.9 Å². The number of hydrogen-bond donors (Lipinski definition) is 1. The second kappa shape index (κ2) is 8.10. The topological polar surface area (TPSA) is 112 Å². The molecule has 1 amide bonds. The summed E-state index contributed by atoms with van der Waals surface area (Å²) in [6.07, 6.45) is 0. The number of pyridine rings is 1. The van der Waals surface area contributed by atoms with E-state index in [0.29, 0.717) is 27.8 Å². The molecular formula is C23H21N5O4. The smallest absolute Gasteiger partial charge is 0.273 e. The Balaban J connectivity index is 1.82. The van der Waals surface area contributed by atoms with Crippen LogP contribution in [0.25, 0.3) is 22.2 Å². The van der Waals surface area contributed by atoms with Gasteiger partial charge in [0.05, 0.1) is 46.3 Å². The first-order chi connectivity index (χ1) is 15.3. The number of nitro groups is 1. The third-order valence-electron chi connectivity index (χ3n) is 5.37. The van der Waals surface area contributed by atoms with Crippen molar-refractivity contribution in [1.29, 1.82) is 0 Å². The number of ether oxygens (including phenoxy) is 1. The summed E-state index contributed by atoms with van der Waals surface area (Å²) in [6.45, 7) is 3.86. The van der Waals surface area contributed by atoms with Gasteiger partial charge >= 0.3 is 0 Å². The summed E-state index contributed by atoms with van der Waals surface area (Å²) in [5.41, 5.74) is 4.58. The van der Waals surface area contributed by atoms with Crippen LogP contribution in [-0.4, -0.2) is 32.7 Å². The zero-order valence-electron chi connectivity index (χ0n) is 18.0. The maximum Gasteiger partial charge on any atom is 0.273 e. The van der Waals surface area contributed by atoms with Crippen LogP contribution >= 0.6 is 0 Å². The molecule has 0 saturated carbocycles. The Bertz CT molecular complexity index is 1380. The Kier molecular flexibility index (Phi) is 5.31. The molecular weight excluding hydrogens is 410 g/mol. The fraction of sp³-hybridized carbons (Fsp3) is 0.174. The second-order valence-electron chi connectivity index (χ2n) is 7.34. The molecule has 0 atom stereocenters. The molecule has 9 nitrogen and oxygen atoms in total. The Morgan fingerprint density at radius 1 is 1.16 bits per heavy atom. The standard InChI is InChI=1S/C23H21N5O4/c1-13-22(14(2)27(3)26-13)20-12-17(16-7-5-6-8-18(16)24-20)23(29)25-19-10-9-15(28(30)31)11-21(19)32-4/h5-12H,1-4H3,(H,25,29). The second-order valence-corrected chi connectivity index (χ2v) is 7.34. The average molecular weight is 431 g/mol. The molecule has 0 unspecified atom stereocenters. The van der Waals surface area contributed by atoms with Gasteiger partial charge in [0, 0.05) is 29.8 Å². The van der Waals surface area contributed by atoms with Gasteiger partial charge in [0.2, 0.25) is 0 Å². The number of nitro benzene ring substituents is 1. The third kappa shape index (κ3) is 3.64. The van der Waals surface area contributed by atoms with Crippen LogP contribution in [0.5, 0.6) is 5.75 Å².